The zero-order valence-corrected chi connectivity index (χ0v) is 12.1. The van der Waals surface area contributed by atoms with Gasteiger partial charge in [-0.05, 0) is 49.0 Å². The highest BCUT2D eigenvalue weighted by molar-refractivity contribution is 5.27. The molecule has 0 spiro atoms. The van der Waals surface area contributed by atoms with Gasteiger partial charge in [-0.25, -0.2) is 0 Å². The summed E-state index contributed by atoms with van der Waals surface area (Å²) in [6.45, 7) is 8.29. The van der Waals surface area contributed by atoms with E-state index in [1.807, 2.05) is 0 Å². The Hall–Kier alpha value is -1.23. The molecule has 0 saturated carbocycles. The van der Waals surface area contributed by atoms with Crippen molar-refractivity contribution in [2.75, 3.05) is 13.1 Å². The van der Waals surface area contributed by atoms with E-state index >= 15 is 0 Å². The van der Waals surface area contributed by atoms with Gasteiger partial charge in [-0.1, -0.05) is 32.9 Å². The minimum atomic E-state index is -4.63. The van der Waals surface area contributed by atoms with E-state index < -0.39 is 6.36 Å². The number of ether oxygens (including phenoxy) is 1. The molecule has 1 aromatic rings. The van der Waals surface area contributed by atoms with Crippen molar-refractivity contribution in [1.82, 2.24) is 5.32 Å². The van der Waals surface area contributed by atoms with Gasteiger partial charge in [0.1, 0.15) is 5.75 Å². The zero-order valence-electron chi connectivity index (χ0n) is 12.1. The van der Waals surface area contributed by atoms with Crippen LogP contribution >= 0.6 is 0 Å². The summed E-state index contributed by atoms with van der Waals surface area (Å²) in [5, 5.41) is 3.30. The summed E-state index contributed by atoms with van der Waals surface area (Å²) >= 11 is 0. The van der Waals surface area contributed by atoms with Gasteiger partial charge < -0.3 is 10.1 Å². The summed E-state index contributed by atoms with van der Waals surface area (Å²) in [6, 6.07) is 6.12. The van der Waals surface area contributed by atoms with Crippen molar-refractivity contribution >= 4 is 0 Å². The number of rotatable bonds is 7. The van der Waals surface area contributed by atoms with Crippen LogP contribution < -0.4 is 10.1 Å². The third-order valence-electron chi connectivity index (χ3n) is 3.40. The number of benzene rings is 1. The van der Waals surface area contributed by atoms with E-state index in [9.17, 15) is 13.2 Å². The first-order valence-corrected chi connectivity index (χ1v) is 6.87. The Balaban J connectivity index is 2.52. The van der Waals surface area contributed by atoms with E-state index in [1.165, 1.54) is 12.1 Å². The van der Waals surface area contributed by atoms with Crippen molar-refractivity contribution in [2.24, 2.45) is 11.8 Å². The molecule has 1 rings (SSSR count). The third kappa shape index (κ3) is 6.28. The quantitative estimate of drug-likeness (QED) is 0.819. The summed E-state index contributed by atoms with van der Waals surface area (Å²) in [5.41, 5.74) is 1.02. The van der Waals surface area contributed by atoms with Crippen LogP contribution in [0.15, 0.2) is 24.3 Å². The van der Waals surface area contributed by atoms with E-state index in [0.29, 0.717) is 11.8 Å². The summed E-state index contributed by atoms with van der Waals surface area (Å²) in [5.74, 6) is 0.805. The van der Waals surface area contributed by atoms with Crippen molar-refractivity contribution < 1.29 is 17.9 Å². The van der Waals surface area contributed by atoms with Gasteiger partial charge >= 0.3 is 6.36 Å². The largest absolute Gasteiger partial charge is 0.573 e. The van der Waals surface area contributed by atoms with Gasteiger partial charge in [0, 0.05) is 0 Å². The Labute approximate surface area is 118 Å². The minimum absolute atomic E-state index is 0.172. The number of alkyl halides is 3. The van der Waals surface area contributed by atoms with Gasteiger partial charge in [0.25, 0.3) is 0 Å². The van der Waals surface area contributed by atoms with Gasteiger partial charge in [-0.3, -0.25) is 0 Å². The van der Waals surface area contributed by atoms with Crippen LogP contribution in [-0.2, 0) is 6.42 Å². The molecule has 5 heteroatoms. The average molecular weight is 289 g/mol. The SMILES string of the molecule is CCNCC(C)C(C)Cc1ccc(OC(F)(F)F)cc1. The highest BCUT2D eigenvalue weighted by atomic mass is 19.4. The predicted molar refractivity (Wildman–Crippen MR) is 73.7 cm³/mol. The third-order valence-corrected chi connectivity index (χ3v) is 3.40. The first-order chi connectivity index (χ1) is 9.31. The Morgan fingerprint density at radius 3 is 2.20 bits per heavy atom. The molecule has 0 fully saturated rings. The van der Waals surface area contributed by atoms with Gasteiger partial charge in [0.2, 0.25) is 0 Å². The van der Waals surface area contributed by atoms with E-state index in [-0.39, 0.29) is 5.75 Å². The van der Waals surface area contributed by atoms with Crippen molar-refractivity contribution in [3.8, 4) is 5.75 Å². The molecule has 0 aliphatic heterocycles. The first-order valence-electron chi connectivity index (χ1n) is 6.87. The molecule has 114 valence electrons. The van der Waals surface area contributed by atoms with Crippen LogP contribution in [0.4, 0.5) is 13.2 Å². The normalized spacial score (nSPS) is 14.9. The summed E-state index contributed by atoms with van der Waals surface area (Å²) in [6.07, 6.45) is -3.78. The molecule has 2 unspecified atom stereocenters. The Morgan fingerprint density at radius 2 is 1.70 bits per heavy atom. The Bertz CT molecular complexity index is 389. The number of hydrogen-bond donors (Lipinski definition) is 1. The second kappa shape index (κ2) is 7.53. The van der Waals surface area contributed by atoms with E-state index in [0.717, 1.165) is 25.1 Å². The van der Waals surface area contributed by atoms with Gasteiger partial charge in [-0.15, -0.1) is 13.2 Å². The topological polar surface area (TPSA) is 21.3 Å². The lowest BCUT2D eigenvalue weighted by Gasteiger charge is -2.20. The van der Waals surface area contributed by atoms with Gasteiger partial charge in [0.05, 0.1) is 0 Å². The Morgan fingerprint density at radius 1 is 1.10 bits per heavy atom. The molecule has 2 atom stereocenters. The van der Waals surface area contributed by atoms with Crippen molar-refractivity contribution in [3.63, 3.8) is 0 Å². The molecule has 0 aromatic heterocycles. The Kier molecular flexibility index (Phi) is 6.33. The highest BCUT2D eigenvalue weighted by Crippen LogP contribution is 2.24. The number of hydrogen-bond acceptors (Lipinski definition) is 2. The van der Waals surface area contributed by atoms with Crippen LogP contribution in [0.1, 0.15) is 26.3 Å². The van der Waals surface area contributed by atoms with Crippen molar-refractivity contribution in [3.05, 3.63) is 29.8 Å². The van der Waals surface area contributed by atoms with Crippen LogP contribution in [0.25, 0.3) is 0 Å². The van der Waals surface area contributed by atoms with Gasteiger partial charge in [0.15, 0.2) is 0 Å². The van der Waals surface area contributed by atoms with Gasteiger partial charge in [-0.2, -0.15) is 0 Å². The predicted octanol–water partition coefficient (Wildman–Crippen LogP) is 4.01. The summed E-state index contributed by atoms with van der Waals surface area (Å²) in [4.78, 5) is 0. The standard InChI is InChI=1S/C15H22F3NO/c1-4-19-10-12(3)11(2)9-13-5-7-14(8-6-13)20-15(16,17)18/h5-8,11-12,19H,4,9-10H2,1-3H3. The lowest BCUT2D eigenvalue weighted by Crippen LogP contribution is -2.25. The molecule has 1 N–H and O–H groups in total. The molecule has 2 nitrogen and oxygen atoms in total. The fourth-order valence-corrected chi connectivity index (χ4v) is 1.97. The number of halogens is 3. The molecule has 0 bridgehead atoms. The van der Waals surface area contributed by atoms with Crippen molar-refractivity contribution in [1.29, 1.82) is 0 Å². The molecule has 0 amide bonds. The summed E-state index contributed by atoms with van der Waals surface area (Å²) in [7, 11) is 0. The van der Waals surface area contributed by atoms with E-state index in [1.54, 1.807) is 12.1 Å². The highest BCUT2D eigenvalue weighted by Gasteiger charge is 2.30. The lowest BCUT2D eigenvalue weighted by atomic mass is 9.89. The number of nitrogens with one attached hydrogen (secondary N) is 1. The van der Waals surface area contributed by atoms with Crippen molar-refractivity contribution in [2.45, 2.75) is 33.6 Å². The molecular formula is C15H22F3NO. The van der Waals surface area contributed by atoms with E-state index in [2.05, 4.69) is 30.8 Å². The second-order valence-corrected chi connectivity index (χ2v) is 5.16. The molecule has 20 heavy (non-hydrogen) atoms. The molecule has 0 radical (unpaired) electrons. The monoisotopic (exact) mass is 289 g/mol. The molecule has 0 heterocycles. The summed E-state index contributed by atoms with van der Waals surface area (Å²) < 4.78 is 40.0. The molecule has 1 aromatic carbocycles. The fourth-order valence-electron chi connectivity index (χ4n) is 1.97. The molecular weight excluding hydrogens is 267 g/mol. The average Bonchev–Trinajstić information content (AvgIpc) is 2.36. The molecule has 0 saturated heterocycles. The smallest absolute Gasteiger partial charge is 0.406 e. The molecule has 0 aliphatic rings. The van der Waals surface area contributed by atoms with Crippen LogP contribution in [0.5, 0.6) is 5.75 Å². The second-order valence-electron chi connectivity index (χ2n) is 5.16. The van der Waals surface area contributed by atoms with E-state index in [4.69, 9.17) is 0 Å². The maximum atomic E-state index is 12.0. The van der Waals surface area contributed by atoms with Crippen LogP contribution in [-0.4, -0.2) is 19.5 Å². The lowest BCUT2D eigenvalue weighted by molar-refractivity contribution is -0.274. The maximum absolute atomic E-state index is 12.0. The molecule has 0 aliphatic carbocycles. The van der Waals surface area contributed by atoms with Crippen LogP contribution in [0.3, 0.4) is 0 Å². The van der Waals surface area contributed by atoms with Crippen LogP contribution in [0, 0.1) is 11.8 Å². The zero-order chi connectivity index (χ0) is 15.2. The van der Waals surface area contributed by atoms with Crippen LogP contribution in [0.2, 0.25) is 0 Å². The first kappa shape index (κ1) is 16.8. The minimum Gasteiger partial charge on any atom is -0.406 e. The fraction of sp³-hybridized carbons (Fsp3) is 0.600. The maximum Gasteiger partial charge on any atom is 0.573 e.